The lowest BCUT2D eigenvalue weighted by Gasteiger charge is -2.26. The van der Waals surface area contributed by atoms with Gasteiger partial charge in [-0.3, -0.25) is 4.79 Å². The number of morpholine rings is 1. The Balaban J connectivity index is 1.84. The summed E-state index contributed by atoms with van der Waals surface area (Å²) in [5.74, 6) is -0.283. The molecule has 1 aliphatic heterocycles. The maximum absolute atomic E-state index is 12.9. The van der Waals surface area contributed by atoms with Crippen LogP contribution in [-0.4, -0.2) is 44.9 Å². The van der Waals surface area contributed by atoms with E-state index >= 15 is 0 Å². The summed E-state index contributed by atoms with van der Waals surface area (Å²) in [5, 5.41) is 3.00. The standard InChI is InChI=1S/C22H28N2O4S/c1-15-5-8-20(17(3)13-15)18(4)23-22(25)21-14-19(7-6-16(21)2)29(26,27)24-9-11-28-12-10-24/h5-8,13-14,18H,9-12H2,1-4H3,(H,23,25). The quantitative estimate of drug-likeness (QED) is 0.813. The molecule has 1 aliphatic rings. The van der Waals surface area contributed by atoms with Crippen molar-refractivity contribution in [2.75, 3.05) is 26.3 Å². The van der Waals surface area contributed by atoms with Gasteiger partial charge in [0.25, 0.3) is 5.91 Å². The van der Waals surface area contributed by atoms with Crippen LogP contribution >= 0.6 is 0 Å². The van der Waals surface area contributed by atoms with E-state index in [1.54, 1.807) is 12.1 Å². The summed E-state index contributed by atoms with van der Waals surface area (Å²) in [5.41, 5.74) is 4.42. The van der Waals surface area contributed by atoms with Gasteiger partial charge in [-0.1, -0.05) is 29.8 Å². The van der Waals surface area contributed by atoms with Gasteiger partial charge in [0, 0.05) is 18.7 Å². The van der Waals surface area contributed by atoms with E-state index in [0.717, 1.165) is 16.7 Å². The fraction of sp³-hybridized carbons (Fsp3) is 0.409. The van der Waals surface area contributed by atoms with Crippen molar-refractivity contribution in [1.82, 2.24) is 9.62 Å². The highest BCUT2D eigenvalue weighted by Gasteiger charge is 2.27. The number of nitrogens with one attached hydrogen (secondary N) is 1. The minimum absolute atomic E-state index is 0.134. The largest absolute Gasteiger partial charge is 0.379 e. The Hall–Kier alpha value is -2.22. The van der Waals surface area contributed by atoms with Crippen LogP contribution in [0.5, 0.6) is 0 Å². The third-order valence-electron chi connectivity index (χ3n) is 5.30. The number of aryl methyl sites for hydroxylation is 3. The number of carbonyl (C=O) groups excluding carboxylic acids is 1. The third-order valence-corrected chi connectivity index (χ3v) is 7.20. The highest BCUT2D eigenvalue weighted by Crippen LogP contribution is 2.23. The zero-order valence-electron chi connectivity index (χ0n) is 17.4. The smallest absolute Gasteiger partial charge is 0.252 e. The molecule has 1 N–H and O–H groups in total. The lowest BCUT2D eigenvalue weighted by molar-refractivity contribution is 0.0730. The van der Waals surface area contributed by atoms with Gasteiger partial charge in [0.15, 0.2) is 0 Å². The number of amides is 1. The Morgan fingerprint density at radius 1 is 1.03 bits per heavy atom. The molecule has 1 saturated heterocycles. The topological polar surface area (TPSA) is 75.7 Å². The number of ether oxygens (including phenoxy) is 1. The molecule has 1 unspecified atom stereocenters. The van der Waals surface area contributed by atoms with Crippen molar-refractivity contribution in [3.05, 3.63) is 64.2 Å². The van der Waals surface area contributed by atoms with E-state index in [4.69, 9.17) is 4.74 Å². The average molecular weight is 417 g/mol. The number of rotatable bonds is 5. The fourth-order valence-electron chi connectivity index (χ4n) is 3.61. The zero-order chi connectivity index (χ0) is 21.2. The van der Waals surface area contributed by atoms with Gasteiger partial charge in [-0.2, -0.15) is 4.31 Å². The number of benzene rings is 2. The predicted octanol–water partition coefficient (Wildman–Crippen LogP) is 3.12. The Morgan fingerprint density at radius 3 is 2.38 bits per heavy atom. The second-order valence-electron chi connectivity index (χ2n) is 7.55. The van der Waals surface area contributed by atoms with E-state index in [1.165, 1.54) is 15.9 Å². The molecule has 1 amide bonds. The van der Waals surface area contributed by atoms with Gasteiger partial charge in [-0.25, -0.2) is 8.42 Å². The van der Waals surface area contributed by atoms with Crippen molar-refractivity contribution in [3.63, 3.8) is 0 Å². The molecule has 7 heteroatoms. The first-order valence-corrected chi connectivity index (χ1v) is 11.2. The molecule has 1 atom stereocenters. The van der Waals surface area contributed by atoms with E-state index in [2.05, 4.69) is 11.4 Å². The van der Waals surface area contributed by atoms with Crippen LogP contribution in [0.15, 0.2) is 41.3 Å². The van der Waals surface area contributed by atoms with Gasteiger partial charge in [0.05, 0.1) is 24.2 Å². The van der Waals surface area contributed by atoms with Crippen LogP contribution in [0.2, 0.25) is 0 Å². The van der Waals surface area contributed by atoms with Crippen molar-refractivity contribution in [2.45, 2.75) is 38.6 Å². The van der Waals surface area contributed by atoms with Crippen molar-refractivity contribution < 1.29 is 17.9 Å². The number of hydrogen-bond donors (Lipinski definition) is 1. The van der Waals surface area contributed by atoms with Crippen molar-refractivity contribution in [3.8, 4) is 0 Å². The van der Waals surface area contributed by atoms with Crippen LogP contribution in [0.25, 0.3) is 0 Å². The average Bonchev–Trinajstić information content (AvgIpc) is 2.68. The monoisotopic (exact) mass is 416 g/mol. The Kier molecular flexibility index (Phi) is 6.41. The molecule has 156 valence electrons. The number of sulfonamides is 1. The molecule has 0 aromatic heterocycles. The van der Waals surface area contributed by atoms with E-state index in [-0.39, 0.29) is 16.8 Å². The Morgan fingerprint density at radius 2 is 1.72 bits per heavy atom. The molecule has 0 bridgehead atoms. The van der Waals surface area contributed by atoms with Crippen LogP contribution in [0.4, 0.5) is 0 Å². The van der Waals surface area contributed by atoms with Crippen LogP contribution in [0.3, 0.4) is 0 Å². The summed E-state index contributed by atoms with van der Waals surface area (Å²) in [7, 11) is -3.65. The second kappa shape index (κ2) is 8.65. The molecule has 29 heavy (non-hydrogen) atoms. The van der Waals surface area contributed by atoms with Gasteiger partial charge in [-0.05, 0) is 56.5 Å². The summed E-state index contributed by atoms with van der Waals surface area (Å²) < 4.78 is 32.5. The zero-order valence-corrected chi connectivity index (χ0v) is 18.2. The highest BCUT2D eigenvalue weighted by molar-refractivity contribution is 7.89. The van der Waals surface area contributed by atoms with Crippen molar-refractivity contribution in [1.29, 1.82) is 0 Å². The highest BCUT2D eigenvalue weighted by atomic mass is 32.2. The second-order valence-corrected chi connectivity index (χ2v) is 9.49. The summed E-state index contributed by atoms with van der Waals surface area (Å²) in [6.07, 6.45) is 0. The van der Waals surface area contributed by atoms with Crippen molar-refractivity contribution in [2.24, 2.45) is 0 Å². The summed E-state index contributed by atoms with van der Waals surface area (Å²) in [6, 6.07) is 10.6. The number of carbonyl (C=O) groups is 1. The molecule has 3 rings (SSSR count). The molecular formula is C22H28N2O4S. The van der Waals surface area contributed by atoms with E-state index in [0.29, 0.717) is 31.9 Å². The Labute approximate surface area is 172 Å². The molecule has 0 radical (unpaired) electrons. The van der Waals surface area contributed by atoms with E-state index in [9.17, 15) is 13.2 Å². The summed E-state index contributed by atoms with van der Waals surface area (Å²) >= 11 is 0. The van der Waals surface area contributed by atoms with Gasteiger partial charge >= 0.3 is 0 Å². The maximum atomic E-state index is 12.9. The summed E-state index contributed by atoms with van der Waals surface area (Å²) in [4.78, 5) is 13.1. The van der Waals surface area contributed by atoms with Crippen molar-refractivity contribution >= 4 is 15.9 Å². The lowest BCUT2D eigenvalue weighted by Crippen LogP contribution is -2.40. The predicted molar refractivity (Wildman–Crippen MR) is 113 cm³/mol. The van der Waals surface area contributed by atoms with Crippen LogP contribution in [-0.2, 0) is 14.8 Å². The number of hydrogen-bond acceptors (Lipinski definition) is 4. The molecule has 2 aromatic rings. The van der Waals surface area contributed by atoms with Crippen LogP contribution in [0.1, 0.15) is 45.6 Å². The fourth-order valence-corrected chi connectivity index (χ4v) is 5.04. The van der Waals surface area contributed by atoms with Gasteiger partial charge in [0.2, 0.25) is 10.0 Å². The van der Waals surface area contributed by atoms with Crippen LogP contribution in [0, 0.1) is 20.8 Å². The minimum Gasteiger partial charge on any atom is -0.379 e. The van der Waals surface area contributed by atoms with Gasteiger partial charge in [0.1, 0.15) is 0 Å². The molecule has 0 saturated carbocycles. The van der Waals surface area contributed by atoms with E-state index < -0.39 is 10.0 Å². The van der Waals surface area contributed by atoms with E-state index in [1.807, 2.05) is 39.8 Å². The molecule has 6 nitrogen and oxygen atoms in total. The molecule has 0 aliphatic carbocycles. The molecule has 0 spiro atoms. The molecular weight excluding hydrogens is 388 g/mol. The SMILES string of the molecule is Cc1ccc(C(C)NC(=O)c2cc(S(=O)(=O)N3CCOCC3)ccc2C)c(C)c1. The maximum Gasteiger partial charge on any atom is 0.252 e. The first-order chi connectivity index (χ1) is 13.7. The molecule has 1 fully saturated rings. The Bertz CT molecular complexity index is 1010. The van der Waals surface area contributed by atoms with Gasteiger partial charge in [-0.15, -0.1) is 0 Å². The van der Waals surface area contributed by atoms with Crippen LogP contribution < -0.4 is 5.32 Å². The van der Waals surface area contributed by atoms with Gasteiger partial charge < -0.3 is 10.1 Å². The first-order valence-electron chi connectivity index (χ1n) is 9.76. The number of nitrogens with zero attached hydrogens (tertiary/aromatic N) is 1. The molecule has 1 heterocycles. The summed E-state index contributed by atoms with van der Waals surface area (Å²) in [6.45, 7) is 9.19. The third kappa shape index (κ3) is 4.69. The first kappa shape index (κ1) is 21.5. The normalized spacial score (nSPS) is 16.4. The lowest BCUT2D eigenvalue weighted by atomic mass is 9.99. The minimum atomic E-state index is -3.65. The molecule has 2 aromatic carbocycles.